The van der Waals surface area contributed by atoms with E-state index >= 15 is 0 Å². The third-order valence-corrected chi connectivity index (χ3v) is 2.10. The largest absolute Gasteiger partial charge is 0.482 e. The summed E-state index contributed by atoms with van der Waals surface area (Å²) in [7, 11) is 0. The molecular weight excluding hydrogens is 239 g/mol. The standard InChI is InChI=1S/C13H11FO4/c14-13(11-7-4-8-16-11)18-12(15)9-17-10-5-2-1-3-6-10/h1-8,13H,9H2. The van der Waals surface area contributed by atoms with Crippen molar-refractivity contribution in [3.63, 3.8) is 0 Å². The molecule has 0 aliphatic rings. The summed E-state index contributed by atoms with van der Waals surface area (Å²) in [5.74, 6) is -0.339. The molecule has 0 radical (unpaired) electrons. The zero-order valence-electron chi connectivity index (χ0n) is 9.41. The highest BCUT2D eigenvalue weighted by Crippen LogP contribution is 2.19. The van der Waals surface area contributed by atoms with Gasteiger partial charge in [0.2, 0.25) is 0 Å². The van der Waals surface area contributed by atoms with Crippen LogP contribution in [0.25, 0.3) is 0 Å². The van der Waals surface area contributed by atoms with Crippen molar-refractivity contribution in [1.82, 2.24) is 0 Å². The summed E-state index contributed by atoms with van der Waals surface area (Å²) in [5.41, 5.74) is 0. The number of esters is 1. The molecule has 0 fully saturated rings. The van der Waals surface area contributed by atoms with E-state index in [0.717, 1.165) is 0 Å². The maximum absolute atomic E-state index is 13.4. The third-order valence-electron chi connectivity index (χ3n) is 2.10. The topological polar surface area (TPSA) is 48.7 Å². The average molecular weight is 250 g/mol. The summed E-state index contributed by atoms with van der Waals surface area (Å²) >= 11 is 0. The van der Waals surface area contributed by atoms with Crippen LogP contribution in [0.15, 0.2) is 53.1 Å². The van der Waals surface area contributed by atoms with Gasteiger partial charge in [0.25, 0.3) is 6.36 Å². The van der Waals surface area contributed by atoms with Gasteiger partial charge in [-0.15, -0.1) is 0 Å². The lowest BCUT2D eigenvalue weighted by Crippen LogP contribution is -2.16. The Morgan fingerprint density at radius 2 is 2.00 bits per heavy atom. The number of furan rings is 1. The second-order valence-electron chi connectivity index (χ2n) is 3.42. The molecular formula is C13H11FO4. The Morgan fingerprint density at radius 1 is 1.22 bits per heavy atom. The molecule has 18 heavy (non-hydrogen) atoms. The predicted octanol–water partition coefficient (Wildman–Crippen LogP) is 2.87. The van der Waals surface area contributed by atoms with E-state index in [1.807, 2.05) is 6.07 Å². The molecule has 2 rings (SSSR count). The van der Waals surface area contributed by atoms with E-state index < -0.39 is 12.3 Å². The molecule has 4 nitrogen and oxygen atoms in total. The number of benzene rings is 1. The zero-order chi connectivity index (χ0) is 12.8. The van der Waals surface area contributed by atoms with Crippen LogP contribution in [-0.2, 0) is 9.53 Å². The van der Waals surface area contributed by atoms with E-state index in [2.05, 4.69) is 4.74 Å². The molecule has 94 valence electrons. The first-order valence-corrected chi connectivity index (χ1v) is 5.30. The van der Waals surface area contributed by atoms with Crippen molar-refractivity contribution in [3.8, 4) is 5.75 Å². The lowest BCUT2D eigenvalue weighted by Gasteiger charge is -2.08. The maximum Gasteiger partial charge on any atom is 0.347 e. The summed E-state index contributed by atoms with van der Waals surface area (Å²) in [4.78, 5) is 11.3. The van der Waals surface area contributed by atoms with Gasteiger partial charge in [0.15, 0.2) is 12.4 Å². The monoisotopic (exact) mass is 250 g/mol. The van der Waals surface area contributed by atoms with Crippen molar-refractivity contribution in [3.05, 3.63) is 54.5 Å². The summed E-state index contributed by atoms with van der Waals surface area (Å²) in [5, 5.41) is 0. The number of hydrogen-bond donors (Lipinski definition) is 0. The van der Waals surface area contributed by atoms with Gasteiger partial charge in [0.05, 0.1) is 6.26 Å². The second-order valence-corrected chi connectivity index (χ2v) is 3.42. The van der Waals surface area contributed by atoms with Gasteiger partial charge in [-0.1, -0.05) is 18.2 Å². The number of alkyl halides is 1. The van der Waals surface area contributed by atoms with Gasteiger partial charge in [-0.2, -0.15) is 4.39 Å². The Balaban J connectivity index is 1.79. The minimum absolute atomic E-state index is 0.0527. The molecule has 0 saturated carbocycles. The van der Waals surface area contributed by atoms with Crippen LogP contribution >= 0.6 is 0 Å². The van der Waals surface area contributed by atoms with E-state index in [9.17, 15) is 9.18 Å². The normalized spacial score (nSPS) is 11.8. The zero-order valence-corrected chi connectivity index (χ0v) is 9.41. The van der Waals surface area contributed by atoms with E-state index in [1.54, 1.807) is 24.3 Å². The summed E-state index contributed by atoms with van der Waals surface area (Å²) in [6.07, 6.45) is -0.608. The highest BCUT2D eigenvalue weighted by atomic mass is 19.1. The first-order valence-electron chi connectivity index (χ1n) is 5.30. The molecule has 2 aromatic rings. The summed E-state index contributed by atoms with van der Waals surface area (Å²) < 4.78 is 27.7. The maximum atomic E-state index is 13.4. The van der Waals surface area contributed by atoms with Crippen LogP contribution in [0.3, 0.4) is 0 Å². The first kappa shape index (κ1) is 12.2. The van der Waals surface area contributed by atoms with E-state index in [1.165, 1.54) is 18.4 Å². The summed E-state index contributed by atoms with van der Waals surface area (Å²) in [6.45, 7) is -0.356. The van der Waals surface area contributed by atoms with Crippen molar-refractivity contribution in [2.24, 2.45) is 0 Å². The minimum atomic E-state index is -1.91. The van der Waals surface area contributed by atoms with Gasteiger partial charge in [-0.25, -0.2) is 4.79 Å². The molecule has 0 saturated heterocycles. The van der Waals surface area contributed by atoms with E-state index in [0.29, 0.717) is 5.75 Å². The fourth-order valence-corrected chi connectivity index (χ4v) is 1.29. The molecule has 0 spiro atoms. The number of carbonyl (C=O) groups excluding carboxylic acids is 1. The quantitative estimate of drug-likeness (QED) is 0.765. The van der Waals surface area contributed by atoms with Crippen molar-refractivity contribution in [2.75, 3.05) is 6.61 Å². The number of hydrogen-bond acceptors (Lipinski definition) is 4. The van der Waals surface area contributed by atoms with Crippen LogP contribution in [0.4, 0.5) is 4.39 Å². The smallest absolute Gasteiger partial charge is 0.347 e. The van der Waals surface area contributed by atoms with Gasteiger partial charge < -0.3 is 13.9 Å². The van der Waals surface area contributed by atoms with Gasteiger partial charge in [-0.3, -0.25) is 0 Å². The molecule has 1 aromatic heterocycles. The minimum Gasteiger partial charge on any atom is -0.482 e. The van der Waals surface area contributed by atoms with Gasteiger partial charge in [0, 0.05) is 0 Å². The number of halogens is 1. The van der Waals surface area contributed by atoms with Gasteiger partial charge in [-0.05, 0) is 24.3 Å². The Kier molecular flexibility index (Phi) is 3.96. The van der Waals surface area contributed by atoms with Crippen LogP contribution in [0, 0.1) is 0 Å². The molecule has 0 N–H and O–H groups in total. The van der Waals surface area contributed by atoms with Crippen molar-refractivity contribution < 1.29 is 23.1 Å². The van der Waals surface area contributed by atoms with Crippen molar-refractivity contribution in [2.45, 2.75) is 6.36 Å². The van der Waals surface area contributed by atoms with Crippen LogP contribution in [0.5, 0.6) is 5.75 Å². The van der Waals surface area contributed by atoms with Crippen molar-refractivity contribution >= 4 is 5.97 Å². The summed E-state index contributed by atoms with van der Waals surface area (Å²) in [6, 6.07) is 11.6. The number of rotatable bonds is 5. The number of ether oxygens (including phenoxy) is 2. The Hall–Kier alpha value is -2.30. The molecule has 1 aromatic carbocycles. The van der Waals surface area contributed by atoms with E-state index in [4.69, 9.17) is 9.15 Å². The second kappa shape index (κ2) is 5.86. The highest BCUT2D eigenvalue weighted by molar-refractivity contribution is 5.71. The molecule has 0 bridgehead atoms. The molecule has 0 aliphatic carbocycles. The van der Waals surface area contributed by atoms with Crippen LogP contribution in [-0.4, -0.2) is 12.6 Å². The predicted molar refractivity (Wildman–Crippen MR) is 60.6 cm³/mol. The average Bonchev–Trinajstić information content (AvgIpc) is 2.91. The van der Waals surface area contributed by atoms with Gasteiger partial charge >= 0.3 is 5.97 Å². The lowest BCUT2D eigenvalue weighted by atomic mass is 10.3. The molecule has 5 heteroatoms. The molecule has 1 heterocycles. The number of carbonyl (C=O) groups is 1. The van der Waals surface area contributed by atoms with Crippen molar-refractivity contribution in [1.29, 1.82) is 0 Å². The Bertz CT molecular complexity index is 481. The Labute approximate surface area is 103 Å². The van der Waals surface area contributed by atoms with E-state index in [-0.39, 0.29) is 12.4 Å². The molecule has 0 aliphatic heterocycles. The highest BCUT2D eigenvalue weighted by Gasteiger charge is 2.18. The Morgan fingerprint density at radius 3 is 2.67 bits per heavy atom. The third kappa shape index (κ3) is 3.35. The molecule has 1 atom stereocenters. The SMILES string of the molecule is O=C(COc1ccccc1)OC(F)c1ccco1. The number of para-hydroxylation sites is 1. The van der Waals surface area contributed by atoms with Gasteiger partial charge in [0.1, 0.15) is 5.75 Å². The fourth-order valence-electron chi connectivity index (χ4n) is 1.29. The first-order chi connectivity index (χ1) is 8.75. The lowest BCUT2D eigenvalue weighted by molar-refractivity contribution is -0.162. The molecule has 1 unspecified atom stereocenters. The van der Waals surface area contributed by atoms with Crippen LogP contribution in [0.1, 0.15) is 12.1 Å². The fraction of sp³-hybridized carbons (Fsp3) is 0.154. The molecule has 0 amide bonds. The van der Waals surface area contributed by atoms with Crippen LogP contribution in [0.2, 0.25) is 0 Å². The van der Waals surface area contributed by atoms with Crippen LogP contribution < -0.4 is 4.74 Å².